The number of aromatic carboxylic acids is 1. The molecule has 21 heavy (non-hydrogen) atoms. The number of urea groups is 1. The van der Waals surface area contributed by atoms with E-state index >= 15 is 0 Å². The minimum absolute atomic E-state index is 0.205. The highest BCUT2D eigenvalue weighted by Crippen LogP contribution is 2.25. The maximum Gasteiger partial charge on any atom is 0.335 e. The number of benzene rings is 1. The number of nitrogens with one attached hydrogen (secondary N) is 2. The van der Waals surface area contributed by atoms with Gasteiger partial charge in [0.1, 0.15) is 0 Å². The van der Waals surface area contributed by atoms with Crippen LogP contribution in [0.5, 0.6) is 0 Å². The van der Waals surface area contributed by atoms with E-state index in [-0.39, 0.29) is 5.56 Å². The zero-order valence-corrected chi connectivity index (χ0v) is 12.9. The van der Waals surface area contributed by atoms with Crippen LogP contribution < -0.4 is 10.6 Å². The van der Waals surface area contributed by atoms with Crippen LogP contribution in [0.1, 0.15) is 29.8 Å². The van der Waals surface area contributed by atoms with Crippen molar-refractivity contribution in [1.82, 2.24) is 10.6 Å². The summed E-state index contributed by atoms with van der Waals surface area (Å²) in [7, 11) is 0. The van der Waals surface area contributed by atoms with Crippen LogP contribution in [0.25, 0.3) is 0 Å². The third-order valence-corrected chi connectivity index (χ3v) is 3.79. The molecule has 0 aliphatic carbocycles. The predicted molar refractivity (Wildman–Crippen MR) is 80.7 cm³/mol. The molecule has 0 bridgehead atoms. The quantitative estimate of drug-likeness (QED) is 0.723. The molecule has 0 aromatic heterocycles. The molecule has 0 fully saturated rings. The number of hydrogen-bond acceptors (Lipinski definition) is 4. The van der Waals surface area contributed by atoms with Crippen molar-refractivity contribution < 1.29 is 19.5 Å². The minimum Gasteiger partial charge on any atom is -0.478 e. The van der Waals surface area contributed by atoms with Gasteiger partial charge in [0, 0.05) is 11.4 Å². The van der Waals surface area contributed by atoms with Crippen LogP contribution in [0.15, 0.2) is 23.1 Å². The van der Waals surface area contributed by atoms with Crippen molar-refractivity contribution in [2.75, 3.05) is 6.54 Å². The van der Waals surface area contributed by atoms with Crippen LogP contribution in [-0.4, -0.2) is 34.8 Å². The summed E-state index contributed by atoms with van der Waals surface area (Å²) in [6.45, 7) is 5.55. The molecule has 1 aromatic carbocycles. The Kier molecular flexibility index (Phi) is 6.23. The van der Waals surface area contributed by atoms with E-state index in [4.69, 9.17) is 5.11 Å². The highest BCUT2D eigenvalue weighted by Gasteiger charge is 2.17. The van der Waals surface area contributed by atoms with Gasteiger partial charge in [0.05, 0.1) is 10.8 Å². The first kappa shape index (κ1) is 17.0. The summed E-state index contributed by atoms with van der Waals surface area (Å²) < 4.78 is 0. The lowest BCUT2D eigenvalue weighted by Gasteiger charge is -2.12. The fourth-order valence-electron chi connectivity index (χ4n) is 1.58. The molecule has 0 spiro atoms. The van der Waals surface area contributed by atoms with Crippen molar-refractivity contribution in [3.8, 4) is 0 Å². The van der Waals surface area contributed by atoms with E-state index in [0.717, 1.165) is 0 Å². The number of amides is 3. The molecule has 0 saturated heterocycles. The summed E-state index contributed by atoms with van der Waals surface area (Å²) in [6, 6.07) is 4.44. The number of hydrogen-bond donors (Lipinski definition) is 3. The molecule has 3 amide bonds. The maximum absolute atomic E-state index is 11.8. The van der Waals surface area contributed by atoms with Gasteiger partial charge in [-0.15, -0.1) is 11.8 Å². The molecule has 6 nitrogen and oxygen atoms in total. The molecule has 0 radical (unpaired) electrons. The molecule has 7 heteroatoms. The van der Waals surface area contributed by atoms with Gasteiger partial charge in [-0.2, -0.15) is 0 Å². The van der Waals surface area contributed by atoms with Crippen molar-refractivity contribution in [3.05, 3.63) is 29.3 Å². The Morgan fingerprint density at radius 1 is 1.33 bits per heavy atom. The second kappa shape index (κ2) is 7.68. The largest absolute Gasteiger partial charge is 0.478 e. The lowest BCUT2D eigenvalue weighted by Crippen LogP contribution is -2.42. The number of carbonyl (C=O) groups is 3. The van der Waals surface area contributed by atoms with Gasteiger partial charge in [0.2, 0.25) is 5.91 Å². The average Bonchev–Trinajstić information content (AvgIpc) is 2.40. The lowest BCUT2D eigenvalue weighted by atomic mass is 10.1. The van der Waals surface area contributed by atoms with E-state index in [9.17, 15) is 14.4 Å². The normalized spacial score (nSPS) is 11.6. The summed E-state index contributed by atoms with van der Waals surface area (Å²) in [5.41, 5.74) is 0.864. The van der Waals surface area contributed by atoms with Gasteiger partial charge in [0.15, 0.2) is 0 Å². The van der Waals surface area contributed by atoms with E-state index < -0.39 is 23.2 Å². The smallest absolute Gasteiger partial charge is 0.335 e. The monoisotopic (exact) mass is 310 g/mol. The Balaban J connectivity index is 2.72. The van der Waals surface area contributed by atoms with Gasteiger partial charge in [-0.1, -0.05) is 6.07 Å². The predicted octanol–water partition coefficient (Wildman–Crippen LogP) is 2.02. The topological polar surface area (TPSA) is 95.5 Å². The Morgan fingerprint density at radius 3 is 2.57 bits per heavy atom. The van der Waals surface area contributed by atoms with Crippen LogP contribution in [0.4, 0.5) is 4.79 Å². The molecule has 0 heterocycles. The SMILES string of the molecule is CCNC(=O)NC(=O)C(C)Sc1ccc(C)c(C(=O)O)c1. The third kappa shape index (κ3) is 5.11. The molecular weight excluding hydrogens is 292 g/mol. The average molecular weight is 310 g/mol. The van der Waals surface area contributed by atoms with Crippen molar-refractivity contribution in [2.24, 2.45) is 0 Å². The van der Waals surface area contributed by atoms with E-state index in [2.05, 4.69) is 10.6 Å². The molecule has 1 atom stereocenters. The van der Waals surface area contributed by atoms with Crippen molar-refractivity contribution in [3.63, 3.8) is 0 Å². The fourth-order valence-corrected chi connectivity index (χ4v) is 2.49. The third-order valence-electron chi connectivity index (χ3n) is 2.70. The Labute approximate surface area is 127 Å². The van der Waals surface area contributed by atoms with Crippen LogP contribution >= 0.6 is 11.8 Å². The van der Waals surface area contributed by atoms with Gasteiger partial charge >= 0.3 is 12.0 Å². The zero-order chi connectivity index (χ0) is 16.0. The summed E-state index contributed by atoms with van der Waals surface area (Å²) in [6.07, 6.45) is 0. The van der Waals surface area contributed by atoms with Gasteiger partial charge in [-0.3, -0.25) is 10.1 Å². The van der Waals surface area contributed by atoms with Gasteiger partial charge in [0.25, 0.3) is 0 Å². The highest BCUT2D eigenvalue weighted by molar-refractivity contribution is 8.00. The first-order valence-corrected chi connectivity index (χ1v) is 7.32. The van der Waals surface area contributed by atoms with E-state index in [1.54, 1.807) is 32.9 Å². The molecule has 3 N–H and O–H groups in total. The number of carboxylic acid groups (broad SMARTS) is 1. The van der Waals surface area contributed by atoms with Gasteiger partial charge < -0.3 is 10.4 Å². The number of rotatable bonds is 5. The van der Waals surface area contributed by atoms with Crippen molar-refractivity contribution in [1.29, 1.82) is 0 Å². The molecule has 114 valence electrons. The van der Waals surface area contributed by atoms with Gasteiger partial charge in [-0.25, -0.2) is 9.59 Å². The van der Waals surface area contributed by atoms with Crippen LogP contribution in [0, 0.1) is 6.92 Å². The minimum atomic E-state index is -1.01. The first-order valence-electron chi connectivity index (χ1n) is 6.44. The number of carbonyl (C=O) groups excluding carboxylic acids is 2. The van der Waals surface area contributed by atoms with Crippen LogP contribution in [0.3, 0.4) is 0 Å². The Morgan fingerprint density at radius 2 is 2.00 bits per heavy atom. The van der Waals surface area contributed by atoms with Crippen molar-refractivity contribution >= 4 is 29.7 Å². The molecule has 1 rings (SSSR count). The van der Waals surface area contributed by atoms with E-state index in [1.807, 2.05) is 0 Å². The molecular formula is C14H18N2O4S. The molecule has 0 aliphatic rings. The van der Waals surface area contributed by atoms with Gasteiger partial charge in [-0.05, 0) is 38.5 Å². The second-order valence-corrected chi connectivity index (χ2v) is 5.80. The van der Waals surface area contributed by atoms with Crippen molar-refractivity contribution in [2.45, 2.75) is 30.9 Å². The molecule has 0 saturated carbocycles. The molecule has 1 aromatic rings. The standard InChI is InChI=1S/C14H18N2O4S/c1-4-15-14(20)16-12(17)9(3)21-10-6-5-8(2)11(7-10)13(18)19/h5-7,9H,4H2,1-3H3,(H,18,19)(H2,15,16,17,20). The summed E-state index contributed by atoms with van der Waals surface area (Å²) in [5, 5.41) is 13.2. The first-order chi connectivity index (χ1) is 9.85. The Bertz CT molecular complexity index is 560. The molecule has 0 aliphatic heterocycles. The summed E-state index contributed by atoms with van der Waals surface area (Å²) in [4.78, 5) is 34.8. The Hall–Kier alpha value is -2.02. The van der Waals surface area contributed by atoms with Crippen LogP contribution in [-0.2, 0) is 4.79 Å². The fraction of sp³-hybridized carbons (Fsp3) is 0.357. The maximum atomic E-state index is 11.8. The zero-order valence-electron chi connectivity index (χ0n) is 12.1. The van der Waals surface area contributed by atoms with E-state index in [1.165, 1.54) is 17.8 Å². The summed E-state index contributed by atoms with van der Waals surface area (Å²) in [5.74, 6) is -1.43. The van der Waals surface area contributed by atoms with Crippen LogP contribution in [0.2, 0.25) is 0 Å². The summed E-state index contributed by atoms with van der Waals surface area (Å²) >= 11 is 1.20. The number of aryl methyl sites for hydroxylation is 1. The highest BCUT2D eigenvalue weighted by atomic mass is 32.2. The second-order valence-electron chi connectivity index (χ2n) is 4.39. The number of carboxylic acids is 1. The number of imide groups is 1. The number of thioether (sulfide) groups is 1. The molecule has 1 unspecified atom stereocenters. The van der Waals surface area contributed by atoms with E-state index in [0.29, 0.717) is 17.0 Å². The lowest BCUT2D eigenvalue weighted by molar-refractivity contribution is -0.119.